The van der Waals surface area contributed by atoms with Crippen molar-refractivity contribution >= 4 is 6.16 Å². The lowest BCUT2D eigenvalue weighted by molar-refractivity contribution is -0.0123. The van der Waals surface area contributed by atoms with Gasteiger partial charge in [-0.1, -0.05) is 27.7 Å². The second-order valence-electron chi connectivity index (χ2n) is 4.88. The summed E-state index contributed by atoms with van der Waals surface area (Å²) in [6.45, 7) is 10.1. The van der Waals surface area contributed by atoms with E-state index >= 15 is 0 Å². The number of carbonyl (C=O) groups is 1. The van der Waals surface area contributed by atoms with Gasteiger partial charge < -0.3 is 9.47 Å². The highest BCUT2D eigenvalue weighted by molar-refractivity contribution is 5.63. The molecule has 3 nitrogen and oxygen atoms in total. The molecule has 1 aliphatic heterocycles. The Hall–Kier alpha value is -0.730. The molecule has 0 amide bonds. The maximum atomic E-state index is 11.0. The highest BCUT2D eigenvalue weighted by Crippen LogP contribution is 2.40. The van der Waals surface area contributed by atoms with Gasteiger partial charge in [-0.15, -0.1) is 0 Å². The lowest BCUT2D eigenvalue weighted by atomic mass is 9.78. The van der Waals surface area contributed by atoms with Crippen LogP contribution in [0.2, 0.25) is 0 Å². The van der Waals surface area contributed by atoms with Gasteiger partial charge in [-0.3, -0.25) is 0 Å². The predicted octanol–water partition coefficient (Wildman–Crippen LogP) is 2.74. The molecule has 3 heteroatoms. The summed E-state index contributed by atoms with van der Waals surface area (Å²) in [6.07, 6.45) is 0.0856. The van der Waals surface area contributed by atoms with Gasteiger partial charge in [-0.2, -0.15) is 0 Å². The van der Waals surface area contributed by atoms with Crippen LogP contribution < -0.4 is 0 Å². The Morgan fingerprint density at radius 2 is 2.00 bits per heavy atom. The zero-order valence-corrected chi connectivity index (χ0v) is 9.01. The molecule has 0 radical (unpaired) electrons. The second kappa shape index (κ2) is 2.89. The SMILES string of the molecule is CC[C@@]1(C)OC(=O)OC1C(C)(C)C. The Bertz CT molecular complexity index is 217. The summed E-state index contributed by atoms with van der Waals surface area (Å²) < 4.78 is 10.3. The fourth-order valence-electron chi connectivity index (χ4n) is 1.84. The Balaban J connectivity index is 2.90. The van der Waals surface area contributed by atoms with Crippen molar-refractivity contribution in [2.24, 2.45) is 5.41 Å². The molecule has 0 bridgehead atoms. The van der Waals surface area contributed by atoms with E-state index in [-0.39, 0.29) is 11.5 Å². The average Bonchev–Trinajstić information content (AvgIpc) is 2.26. The molecule has 0 N–H and O–H groups in total. The van der Waals surface area contributed by atoms with Crippen LogP contribution >= 0.6 is 0 Å². The second-order valence-corrected chi connectivity index (χ2v) is 4.88. The first-order valence-corrected chi connectivity index (χ1v) is 4.69. The molecule has 0 aromatic heterocycles. The molecule has 0 aromatic rings. The van der Waals surface area contributed by atoms with Gasteiger partial charge in [-0.25, -0.2) is 4.79 Å². The third-order valence-corrected chi connectivity index (χ3v) is 2.57. The number of rotatable bonds is 1. The minimum atomic E-state index is -0.538. The number of hydrogen-bond donors (Lipinski definition) is 0. The summed E-state index contributed by atoms with van der Waals surface area (Å²) in [5.41, 5.74) is -0.535. The molecule has 2 atom stereocenters. The Labute approximate surface area is 79.4 Å². The van der Waals surface area contributed by atoms with Crippen molar-refractivity contribution in [2.45, 2.75) is 52.7 Å². The van der Waals surface area contributed by atoms with E-state index in [0.717, 1.165) is 6.42 Å². The predicted molar refractivity (Wildman–Crippen MR) is 49.5 cm³/mol. The number of hydrogen-bond acceptors (Lipinski definition) is 3. The number of carbonyl (C=O) groups excluding carboxylic acids is 1. The van der Waals surface area contributed by atoms with E-state index in [4.69, 9.17) is 9.47 Å². The molecule has 0 saturated carbocycles. The monoisotopic (exact) mass is 186 g/mol. The van der Waals surface area contributed by atoms with E-state index in [1.165, 1.54) is 0 Å². The van der Waals surface area contributed by atoms with Crippen molar-refractivity contribution in [1.82, 2.24) is 0 Å². The van der Waals surface area contributed by atoms with E-state index in [1.807, 2.05) is 34.6 Å². The first kappa shape index (κ1) is 10.4. The number of cyclic esters (lactones) is 2. The molecule has 0 spiro atoms. The summed E-state index contributed by atoms with van der Waals surface area (Å²) in [5, 5.41) is 0. The largest absolute Gasteiger partial charge is 0.509 e. The molecule has 13 heavy (non-hydrogen) atoms. The van der Waals surface area contributed by atoms with Crippen molar-refractivity contribution in [3.05, 3.63) is 0 Å². The van der Waals surface area contributed by atoms with Gasteiger partial charge in [0.2, 0.25) is 0 Å². The molecule has 1 fully saturated rings. The Kier molecular flexibility index (Phi) is 2.30. The van der Waals surface area contributed by atoms with Crippen molar-refractivity contribution in [2.75, 3.05) is 0 Å². The van der Waals surface area contributed by atoms with Crippen molar-refractivity contribution in [3.63, 3.8) is 0 Å². The topological polar surface area (TPSA) is 35.5 Å². The highest BCUT2D eigenvalue weighted by Gasteiger charge is 2.51. The normalized spacial score (nSPS) is 34.2. The summed E-state index contributed by atoms with van der Waals surface area (Å²) in [4.78, 5) is 11.0. The molecule has 1 heterocycles. The lowest BCUT2D eigenvalue weighted by Crippen LogP contribution is -2.44. The standard InChI is InChI=1S/C10H18O3/c1-6-10(5)7(9(2,3)4)12-8(11)13-10/h7H,6H2,1-5H3/t7?,10-/m1/s1. The van der Waals surface area contributed by atoms with Gasteiger partial charge in [-0.05, 0) is 13.3 Å². The van der Waals surface area contributed by atoms with E-state index in [1.54, 1.807) is 0 Å². The van der Waals surface area contributed by atoms with Gasteiger partial charge in [0.05, 0.1) is 0 Å². The lowest BCUT2D eigenvalue weighted by Gasteiger charge is -2.34. The Morgan fingerprint density at radius 3 is 2.31 bits per heavy atom. The minimum absolute atomic E-state index is 0.0725. The van der Waals surface area contributed by atoms with Gasteiger partial charge in [0.1, 0.15) is 11.7 Å². The van der Waals surface area contributed by atoms with E-state index < -0.39 is 11.8 Å². The molecule has 0 aliphatic carbocycles. The highest BCUT2D eigenvalue weighted by atomic mass is 16.8. The third kappa shape index (κ3) is 1.79. The van der Waals surface area contributed by atoms with Crippen molar-refractivity contribution in [1.29, 1.82) is 0 Å². The van der Waals surface area contributed by atoms with Crippen LogP contribution in [0, 0.1) is 5.41 Å². The molecular weight excluding hydrogens is 168 g/mol. The van der Waals surface area contributed by atoms with Crippen LogP contribution in [0.5, 0.6) is 0 Å². The summed E-state index contributed by atoms with van der Waals surface area (Å²) in [5.74, 6) is 0. The van der Waals surface area contributed by atoms with Crippen molar-refractivity contribution < 1.29 is 14.3 Å². The quantitative estimate of drug-likeness (QED) is 0.591. The van der Waals surface area contributed by atoms with Crippen LogP contribution in [-0.2, 0) is 9.47 Å². The van der Waals surface area contributed by atoms with E-state index in [0.29, 0.717) is 0 Å². The summed E-state index contributed by atoms with van der Waals surface area (Å²) in [6, 6.07) is 0. The summed E-state index contributed by atoms with van der Waals surface area (Å²) in [7, 11) is 0. The zero-order valence-electron chi connectivity index (χ0n) is 9.01. The fourth-order valence-corrected chi connectivity index (χ4v) is 1.84. The molecule has 1 aliphatic rings. The first-order valence-electron chi connectivity index (χ1n) is 4.69. The van der Waals surface area contributed by atoms with E-state index in [9.17, 15) is 4.79 Å². The first-order chi connectivity index (χ1) is 5.79. The zero-order chi connectivity index (χ0) is 10.3. The van der Waals surface area contributed by atoms with E-state index in [2.05, 4.69) is 0 Å². The smallest absolute Gasteiger partial charge is 0.426 e. The number of ether oxygens (including phenoxy) is 2. The van der Waals surface area contributed by atoms with Crippen LogP contribution in [-0.4, -0.2) is 17.9 Å². The molecule has 1 unspecified atom stereocenters. The maximum Gasteiger partial charge on any atom is 0.509 e. The van der Waals surface area contributed by atoms with Gasteiger partial charge in [0.25, 0.3) is 0 Å². The minimum Gasteiger partial charge on any atom is -0.426 e. The average molecular weight is 186 g/mol. The van der Waals surface area contributed by atoms with Crippen LogP contribution in [0.4, 0.5) is 4.79 Å². The van der Waals surface area contributed by atoms with Gasteiger partial charge in [0.15, 0.2) is 0 Å². The Morgan fingerprint density at radius 1 is 1.46 bits per heavy atom. The van der Waals surface area contributed by atoms with Crippen LogP contribution in [0.1, 0.15) is 41.0 Å². The molecule has 1 saturated heterocycles. The van der Waals surface area contributed by atoms with Gasteiger partial charge >= 0.3 is 6.16 Å². The van der Waals surface area contributed by atoms with Crippen molar-refractivity contribution in [3.8, 4) is 0 Å². The van der Waals surface area contributed by atoms with Crippen LogP contribution in [0.15, 0.2) is 0 Å². The molecule has 0 aromatic carbocycles. The summed E-state index contributed by atoms with van der Waals surface area (Å²) >= 11 is 0. The fraction of sp³-hybridized carbons (Fsp3) is 0.900. The molecule has 76 valence electrons. The molecular formula is C10H18O3. The van der Waals surface area contributed by atoms with Gasteiger partial charge in [0, 0.05) is 5.41 Å². The maximum absolute atomic E-state index is 11.0. The van der Waals surface area contributed by atoms with Crippen LogP contribution in [0.3, 0.4) is 0 Å². The third-order valence-electron chi connectivity index (χ3n) is 2.57. The molecule has 1 rings (SSSR count). The van der Waals surface area contributed by atoms with Crippen LogP contribution in [0.25, 0.3) is 0 Å².